The summed E-state index contributed by atoms with van der Waals surface area (Å²) in [6.45, 7) is 0. The summed E-state index contributed by atoms with van der Waals surface area (Å²) in [4.78, 5) is 18.7. The molecule has 5 heteroatoms. The first-order valence-electron chi connectivity index (χ1n) is 6.44. The molecule has 1 aromatic heterocycles. The first kappa shape index (κ1) is 11.8. The van der Waals surface area contributed by atoms with E-state index in [1.807, 2.05) is 24.3 Å². The van der Waals surface area contributed by atoms with Crippen molar-refractivity contribution in [2.45, 2.75) is 19.3 Å². The van der Waals surface area contributed by atoms with Crippen molar-refractivity contribution in [3.05, 3.63) is 30.5 Å². The fourth-order valence-corrected chi connectivity index (χ4v) is 2.13. The van der Waals surface area contributed by atoms with Gasteiger partial charge in [-0.15, -0.1) is 0 Å². The number of hydrogen-bond donors (Lipinski definition) is 3. The van der Waals surface area contributed by atoms with E-state index < -0.39 is 0 Å². The standard InChI is InChI=1S/C14H16N4O/c15-14-16-8-12(18-14)9-4-6-11(7-5-9)17-13(19)10-2-1-3-10/h4-8,10H,1-3H2,(H,17,19)(H3,15,16,18). The summed E-state index contributed by atoms with van der Waals surface area (Å²) >= 11 is 0. The van der Waals surface area contributed by atoms with E-state index in [1.54, 1.807) is 6.20 Å². The van der Waals surface area contributed by atoms with Gasteiger partial charge in [0, 0.05) is 11.6 Å². The molecule has 1 saturated carbocycles. The molecule has 5 nitrogen and oxygen atoms in total. The van der Waals surface area contributed by atoms with Crippen molar-refractivity contribution in [1.29, 1.82) is 0 Å². The molecule has 1 fully saturated rings. The second-order valence-electron chi connectivity index (χ2n) is 4.88. The Bertz CT molecular complexity index is 584. The van der Waals surface area contributed by atoms with Crippen molar-refractivity contribution in [2.75, 3.05) is 11.1 Å². The van der Waals surface area contributed by atoms with Gasteiger partial charge in [-0.3, -0.25) is 4.79 Å². The van der Waals surface area contributed by atoms with Crippen LogP contribution in [0.1, 0.15) is 19.3 Å². The lowest BCUT2D eigenvalue weighted by molar-refractivity contribution is -0.122. The van der Waals surface area contributed by atoms with E-state index >= 15 is 0 Å². The minimum atomic E-state index is 0.129. The van der Waals surface area contributed by atoms with Crippen molar-refractivity contribution in [3.63, 3.8) is 0 Å². The summed E-state index contributed by atoms with van der Waals surface area (Å²) in [5, 5.41) is 2.94. The van der Waals surface area contributed by atoms with Gasteiger partial charge in [-0.05, 0) is 30.5 Å². The molecule has 0 aliphatic heterocycles. The molecule has 1 amide bonds. The zero-order valence-electron chi connectivity index (χ0n) is 10.5. The molecule has 1 heterocycles. The molecule has 98 valence electrons. The maximum absolute atomic E-state index is 11.8. The van der Waals surface area contributed by atoms with Gasteiger partial charge in [0.2, 0.25) is 5.91 Å². The quantitative estimate of drug-likeness (QED) is 0.788. The maximum Gasteiger partial charge on any atom is 0.227 e. The Morgan fingerprint density at radius 1 is 1.32 bits per heavy atom. The smallest absolute Gasteiger partial charge is 0.227 e. The molecule has 4 N–H and O–H groups in total. The monoisotopic (exact) mass is 256 g/mol. The fourth-order valence-electron chi connectivity index (χ4n) is 2.13. The number of anilines is 2. The molecule has 0 unspecified atom stereocenters. The van der Waals surface area contributed by atoms with Crippen LogP contribution in [-0.4, -0.2) is 15.9 Å². The van der Waals surface area contributed by atoms with Crippen LogP contribution in [0.4, 0.5) is 11.6 Å². The Morgan fingerprint density at radius 2 is 2.05 bits per heavy atom. The molecule has 0 bridgehead atoms. The van der Waals surface area contributed by atoms with Gasteiger partial charge in [0.05, 0.1) is 11.9 Å². The number of nitrogens with two attached hydrogens (primary N) is 1. The normalized spacial score (nSPS) is 14.9. The molecule has 1 aliphatic rings. The minimum absolute atomic E-state index is 0.129. The van der Waals surface area contributed by atoms with Crippen LogP contribution < -0.4 is 11.1 Å². The lowest BCUT2D eigenvalue weighted by atomic mass is 9.85. The van der Waals surface area contributed by atoms with E-state index in [0.29, 0.717) is 5.95 Å². The number of carbonyl (C=O) groups excluding carboxylic acids is 1. The predicted octanol–water partition coefficient (Wildman–Crippen LogP) is 2.40. The number of imidazole rings is 1. The molecular formula is C14H16N4O. The second kappa shape index (κ2) is 4.76. The minimum Gasteiger partial charge on any atom is -0.369 e. The highest BCUT2D eigenvalue weighted by atomic mass is 16.1. The molecule has 3 rings (SSSR count). The molecule has 0 saturated heterocycles. The molecule has 2 aromatic rings. The van der Waals surface area contributed by atoms with Gasteiger partial charge in [0.1, 0.15) is 0 Å². The zero-order chi connectivity index (χ0) is 13.2. The van der Waals surface area contributed by atoms with Gasteiger partial charge >= 0.3 is 0 Å². The van der Waals surface area contributed by atoms with Crippen LogP contribution in [0, 0.1) is 5.92 Å². The van der Waals surface area contributed by atoms with E-state index in [1.165, 1.54) is 0 Å². The number of aromatic amines is 1. The Balaban J connectivity index is 1.70. The SMILES string of the molecule is Nc1ncc(-c2ccc(NC(=O)C3CCC3)cc2)[nH]1. The van der Waals surface area contributed by atoms with Gasteiger partial charge in [-0.25, -0.2) is 4.98 Å². The van der Waals surface area contributed by atoms with E-state index in [-0.39, 0.29) is 11.8 Å². The van der Waals surface area contributed by atoms with Crippen LogP contribution in [0.15, 0.2) is 30.5 Å². The number of benzene rings is 1. The van der Waals surface area contributed by atoms with Gasteiger partial charge in [-0.2, -0.15) is 0 Å². The van der Waals surface area contributed by atoms with Crippen LogP contribution in [0.5, 0.6) is 0 Å². The predicted molar refractivity (Wildman–Crippen MR) is 74.4 cm³/mol. The van der Waals surface area contributed by atoms with E-state index in [2.05, 4.69) is 15.3 Å². The molecule has 0 radical (unpaired) electrons. The van der Waals surface area contributed by atoms with Crippen molar-refractivity contribution < 1.29 is 4.79 Å². The second-order valence-corrected chi connectivity index (χ2v) is 4.88. The third kappa shape index (κ3) is 2.45. The molecule has 19 heavy (non-hydrogen) atoms. The first-order chi connectivity index (χ1) is 9.22. The zero-order valence-corrected chi connectivity index (χ0v) is 10.5. The van der Waals surface area contributed by atoms with Crippen LogP contribution in [-0.2, 0) is 4.79 Å². The van der Waals surface area contributed by atoms with Crippen molar-refractivity contribution in [3.8, 4) is 11.3 Å². The van der Waals surface area contributed by atoms with Crippen LogP contribution in [0.25, 0.3) is 11.3 Å². The summed E-state index contributed by atoms with van der Waals surface area (Å²) < 4.78 is 0. The van der Waals surface area contributed by atoms with Crippen LogP contribution in [0.2, 0.25) is 0 Å². The van der Waals surface area contributed by atoms with Gasteiger partial charge in [0.15, 0.2) is 5.95 Å². The van der Waals surface area contributed by atoms with Gasteiger partial charge < -0.3 is 16.0 Å². The molecular weight excluding hydrogens is 240 g/mol. The summed E-state index contributed by atoms with van der Waals surface area (Å²) in [6.07, 6.45) is 4.88. The number of hydrogen-bond acceptors (Lipinski definition) is 3. The molecule has 0 atom stereocenters. The average molecular weight is 256 g/mol. The number of nitrogen functional groups attached to an aromatic ring is 1. The highest BCUT2D eigenvalue weighted by molar-refractivity contribution is 5.93. The lowest BCUT2D eigenvalue weighted by Gasteiger charge is -2.24. The summed E-state index contributed by atoms with van der Waals surface area (Å²) in [6, 6.07) is 7.65. The van der Waals surface area contributed by atoms with E-state index in [4.69, 9.17) is 5.73 Å². The molecule has 0 spiro atoms. The summed E-state index contributed by atoms with van der Waals surface area (Å²) in [7, 11) is 0. The molecule has 1 aliphatic carbocycles. The third-order valence-electron chi connectivity index (χ3n) is 3.53. The van der Waals surface area contributed by atoms with Gasteiger partial charge in [0.25, 0.3) is 0 Å². The largest absolute Gasteiger partial charge is 0.369 e. The summed E-state index contributed by atoms with van der Waals surface area (Å²) in [5.74, 6) is 0.731. The maximum atomic E-state index is 11.8. The number of aromatic nitrogens is 2. The highest BCUT2D eigenvalue weighted by Crippen LogP contribution is 2.28. The topological polar surface area (TPSA) is 83.8 Å². The average Bonchev–Trinajstić information content (AvgIpc) is 2.74. The number of nitrogens with one attached hydrogen (secondary N) is 2. The van der Waals surface area contributed by atoms with E-state index in [0.717, 1.165) is 36.2 Å². The molecule has 1 aromatic carbocycles. The third-order valence-corrected chi connectivity index (χ3v) is 3.53. The Labute approximate surface area is 111 Å². The number of H-pyrrole nitrogens is 1. The Hall–Kier alpha value is -2.30. The Kier molecular flexibility index (Phi) is 2.95. The van der Waals surface area contributed by atoms with Crippen molar-refractivity contribution in [2.24, 2.45) is 5.92 Å². The van der Waals surface area contributed by atoms with Crippen LogP contribution in [0.3, 0.4) is 0 Å². The van der Waals surface area contributed by atoms with Gasteiger partial charge in [-0.1, -0.05) is 18.6 Å². The van der Waals surface area contributed by atoms with Crippen molar-refractivity contribution in [1.82, 2.24) is 9.97 Å². The first-order valence-corrected chi connectivity index (χ1v) is 6.44. The number of rotatable bonds is 3. The Morgan fingerprint density at radius 3 is 2.58 bits per heavy atom. The number of amides is 1. The van der Waals surface area contributed by atoms with Crippen molar-refractivity contribution >= 4 is 17.5 Å². The highest BCUT2D eigenvalue weighted by Gasteiger charge is 2.24. The summed E-state index contributed by atoms with van der Waals surface area (Å²) in [5.41, 5.74) is 8.23. The lowest BCUT2D eigenvalue weighted by Crippen LogP contribution is -2.27. The fraction of sp³-hybridized carbons (Fsp3) is 0.286. The van der Waals surface area contributed by atoms with E-state index in [9.17, 15) is 4.79 Å². The van der Waals surface area contributed by atoms with Crippen LogP contribution >= 0.6 is 0 Å². The number of carbonyl (C=O) groups is 1. The number of nitrogens with zero attached hydrogens (tertiary/aromatic N) is 1.